The molecular weight excluding hydrogens is 328 g/mol. The van der Waals surface area contributed by atoms with Gasteiger partial charge in [-0.05, 0) is 30.9 Å². The van der Waals surface area contributed by atoms with Crippen molar-refractivity contribution in [3.05, 3.63) is 70.1 Å². The number of benzene rings is 1. The number of nitrogens with one attached hydrogen (secondary N) is 1. The zero-order chi connectivity index (χ0) is 18.1. The molecule has 1 aromatic heterocycles. The van der Waals surface area contributed by atoms with Crippen molar-refractivity contribution in [2.45, 2.75) is 43.7 Å². The molecule has 1 saturated heterocycles. The van der Waals surface area contributed by atoms with E-state index in [-0.39, 0.29) is 23.4 Å². The first-order valence-electron chi connectivity index (χ1n) is 9.37. The SMILES string of the molecule is O=C(c1ccc(=O)[nH]c1)N1CCC(O)(c2ccccc2)[C@H]2CCCC[C@H]21. The van der Waals surface area contributed by atoms with Gasteiger partial charge < -0.3 is 15.0 Å². The molecule has 0 bridgehead atoms. The van der Waals surface area contributed by atoms with Crippen molar-refractivity contribution in [2.24, 2.45) is 5.92 Å². The Morgan fingerprint density at radius 2 is 1.88 bits per heavy atom. The second kappa shape index (κ2) is 6.72. The van der Waals surface area contributed by atoms with E-state index in [2.05, 4.69) is 4.98 Å². The lowest BCUT2D eigenvalue weighted by atomic mass is 9.66. The van der Waals surface area contributed by atoms with Gasteiger partial charge in [-0.15, -0.1) is 0 Å². The zero-order valence-corrected chi connectivity index (χ0v) is 14.7. The number of aromatic amines is 1. The van der Waals surface area contributed by atoms with Gasteiger partial charge in [-0.25, -0.2) is 0 Å². The van der Waals surface area contributed by atoms with Gasteiger partial charge >= 0.3 is 0 Å². The quantitative estimate of drug-likeness (QED) is 0.873. The third-order valence-electron chi connectivity index (χ3n) is 6.04. The number of amides is 1. The van der Waals surface area contributed by atoms with E-state index < -0.39 is 5.60 Å². The number of hydrogen-bond acceptors (Lipinski definition) is 3. The van der Waals surface area contributed by atoms with E-state index in [9.17, 15) is 14.7 Å². The molecule has 26 heavy (non-hydrogen) atoms. The minimum absolute atomic E-state index is 0.0298. The van der Waals surface area contributed by atoms with Gasteiger partial charge in [0.25, 0.3) is 5.91 Å². The maximum absolute atomic E-state index is 13.0. The standard InChI is InChI=1S/C21H24N2O3/c24-19-11-10-15(14-22-19)20(25)23-13-12-21(26,16-6-2-1-3-7-16)17-8-4-5-9-18(17)23/h1-3,6-7,10-11,14,17-18,26H,4-5,8-9,12-13H2,(H,22,24)/t17-,18+,21?/m0/s1. The Morgan fingerprint density at radius 3 is 2.62 bits per heavy atom. The second-order valence-corrected chi connectivity index (χ2v) is 7.44. The molecule has 1 amide bonds. The molecule has 0 spiro atoms. The van der Waals surface area contributed by atoms with Crippen molar-refractivity contribution >= 4 is 5.91 Å². The number of fused-ring (bicyclic) bond motifs is 1. The molecule has 2 aliphatic rings. The largest absolute Gasteiger partial charge is 0.385 e. The number of aliphatic hydroxyl groups is 1. The Kier molecular flexibility index (Phi) is 4.41. The van der Waals surface area contributed by atoms with E-state index in [1.54, 1.807) is 6.07 Å². The van der Waals surface area contributed by atoms with Crippen LogP contribution in [0.1, 0.15) is 48.0 Å². The number of piperidine rings is 1. The fraction of sp³-hybridized carbons (Fsp3) is 0.429. The van der Waals surface area contributed by atoms with Crippen LogP contribution in [0.5, 0.6) is 0 Å². The summed E-state index contributed by atoms with van der Waals surface area (Å²) in [4.78, 5) is 28.8. The van der Waals surface area contributed by atoms with Gasteiger partial charge in [0, 0.05) is 30.8 Å². The number of hydrogen-bond donors (Lipinski definition) is 2. The van der Waals surface area contributed by atoms with Gasteiger partial charge in [-0.2, -0.15) is 0 Å². The molecule has 4 rings (SSSR count). The Bertz CT molecular complexity index is 827. The van der Waals surface area contributed by atoms with Crippen LogP contribution >= 0.6 is 0 Å². The summed E-state index contributed by atoms with van der Waals surface area (Å²) in [5.41, 5.74) is 0.356. The molecule has 1 unspecified atom stereocenters. The summed E-state index contributed by atoms with van der Waals surface area (Å²) in [5, 5.41) is 11.6. The van der Waals surface area contributed by atoms with Crippen LogP contribution in [0.4, 0.5) is 0 Å². The number of pyridine rings is 1. The monoisotopic (exact) mass is 352 g/mol. The van der Waals surface area contributed by atoms with E-state index in [0.29, 0.717) is 18.5 Å². The Balaban J connectivity index is 1.65. The van der Waals surface area contributed by atoms with Gasteiger partial charge in [0.2, 0.25) is 5.56 Å². The smallest absolute Gasteiger partial charge is 0.255 e. The van der Waals surface area contributed by atoms with Gasteiger partial charge in [0.1, 0.15) is 0 Å². The van der Waals surface area contributed by atoms with Crippen molar-refractivity contribution < 1.29 is 9.90 Å². The summed E-state index contributed by atoms with van der Waals surface area (Å²) in [6.07, 6.45) is 6.01. The fourth-order valence-corrected chi connectivity index (χ4v) is 4.73. The van der Waals surface area contributed by atoms with Gasteiger partial charge in [-0.1, -0.05) is 43.2 Å². The third kappa shape index (κ3) is 2.86. The van der Waals surface area contributed by atoms with Crippen LogP contribution in [0.2, 0.25) is 0 Å². The predicted molar refractivity (Wildman–Crippen MR) is 98.8 cm³/mol. The molecule has 136 valence electrons. The van der Waals surface area contributed by atoms with Crippen molar-refractivity contribution in [3.8, 4) is 0 Å². The number of carbonyl (C=O) groups is 1. The lowest BCUT2D eigenvalue weighted by molar-refractivity contribution is -0.110. The summed E-state index contributed by atoms with van der Waals surface area (Å²) in [6, 6.07) is 12.9. The van der Waals surface area contributed by atoms with E-state index in [1.165, 1.54) is 12.3 Å². The number of H-pyrrole nitrogens is 1. The van der Waals surface area contributed by atoms with Crippen LogP contribution in [0.25, 0.3) is 0 Å². The third-order valence-corrected chi connectivity index (χ3v) is 6.04. The number of likely N-dealkylation sites (tertiary alicyclic amines) is 1. The summed E-state index contributed by atoms with van der Waals surface area (Å²) in [6.45, 7) is 0.518. The molecule has 0 radical (unpaired) electrons. The second-order valence-electron chi connectivity index (χ2n) is 7.44. The van der Waals surface area contributed by atoms with Crippen molar-refractivity contribution in [1.29, 1.82) is 0 Å². The number of rotatable bonds is 2. The van der Waals surface area contributed by atoms with Gasteiger partial charge in [0.05, 0.1) is 11.2 Å². The van der Waals surface area contributed by atoms with Crippen molar-refractivity contribution in [1.82, 2.24) is 9.88 Å². The van der Waals surface area contributed by atoms with E-state index >= 15 is 0 Å². The van der Waals surface area contributed by atoms with E-state index in [1.807, 2.05) is 35.2 Å². The first-order valence-corrected chi connectivity index (χ1v) is 9.37. The summed E-state index contributed by atoms with van der Waals surface area (Å²) in [5.74, 6) is -0.0210. The molecule has 2 N–H and O–H groups in total. The molecule has 1 aliphatic heterocycles. The molecule has 1 aliphatic carbocycles. The molecular formula is C21H24N2O3. The molecule has 1 saturated carbocycles. The molecule has 2 fully saturated rings. The fourth-order valence-electron chi connectivity index (χ4n) is 4.73. The summed E-state index contributed by atoms with van der Waals surface area (Å²) < 4.78 is 0. The van der Waals surface area contributed by atoms with Crippen LogP contribution in [0.15, 0.2) is 53.5 Å². The van der Waals surface area contributed by atoms with Crippen LogP contribution in [-0.4, -0.2) is 33.5 Å². The lowest BCUT2D eigenvalue weighted by Gasteiger charge is -2.52. The number of aromatic nitrogens is 1. The van der Waals surface area contributed by atoms with Gasteiger partial charge in [-0.3, -0.25) is 9.59 Å². The molecule has 1 aromatic carbocycles. The topological polar surface area (TPSA) is 73.4 Å². The highest BCUT2D eigenvalue weighted by atomic mass is 16.3. The van der Waals surface area contributed by atoms with Crippen molar-refractivity contribution in [3.63, 3.8) is 0 Å². The average molecular weight is 352 g/mol. The maximum atomic E-state index is 13.0. The van der Waals surface area contributed by atoms with Gasteiger partial charge in [0.15, 0.2) is 0 Å². The average Bonchev–Trinajstić information content (AvgIpc) is 2.69. The van der Waals surface area contributed by atoms with Crippen LogP contribution in [-0.2, 0) is 5.60 Å². The zero-order valence-electron chi connectivity index (χ0n) is 14.7. The Labute approximate surface area is 152 Å². The first-order chi connectivity index (χ1) is 12.6. The molecule has 2 aromatic rings. The highest BCUT2D eigenvalue weighted by Gasteiger charge is 2.50. The normalized spacial score (nSPS) is 28.4. The molecule has 5 nitrogen and oxygen atoms in total. The summed E-state index contributed by atoms with van der Waals surface area (Å²) >= 11 is 0. The Morgan fingerprint density at radius 1 is 1.12 bits per heavy atom. The first kappa shape index (κ1) is 17.0. The molecule has 5 heteroatoms. The van der Waals surface area contributed by atoms with Crippen LogP contribution in [0.3, 0.4) is 0 Å². The predicted octanol–water partition coefficient (Wildman–Crippen LogP) is 2.67. The molecule has 3 atom stereocenters. The molecule has 2 heterocycles. The number of carbonyl (C=O) groups excluding carboxylic acids is 1. The number of nitrogens with zero attached hydrogens (tertiary/aromatic N) is 1. The van der Waals surface area contributed by atoms with E-state index in [0.717, 1.165) is 31.2 Å². The minimum atomic E-state index is -0.881. The maximum Gasteiger partial charge on any atom is 0.255 e. The minimum Gasteiger partial charge on any atom is -0.385 e. The van der Waals surface area contributed by atoms with E-state index in [4.69, 9.17) is 0 Å². The highest BCUT2D eigenvalue weighted by molar-refractivity contribution is 5.94. The van der Waals surface area contributed by atoms with Crippen LogP contribution in [0, 0.1) is 5.92 Å². The Hall–Kier alpha value is -2.40. The lowest BCUT2D eigenvalue weighted by Crippen LogP contribution is -2.59. The van der Waals surface area contributed by atoms with Crippen LogP contribution < -0.4 is 5.56 Å². The van der Waals surface area contributed by atoms with Crippen molar-refractivity contribution in [2.75, 3.05) is 6.54 Å². The highest BCUT2D eigenvalue weighted by Crippen LogP contribution is 2.47. The summed E-state index contributed by atoms with van der Waals surface area (Å²) in [7, 11) is 0.